The first-order chi connectivity index (χ1) is 10.0. The molecule has 8 heteroatoms. The summed E-state index contributed by atoms with van der Waals surface area (Å²) in [6, 6.07) is 4.99. The van der Waals surface area contributed by atoms with Gasteiger partial charge >= 0.3 is 0 Å². The summed E-state index contributed by atoms with van der Waals surface area (Å²) in [6.45, 7) is 1.78. The molecule has 0 saturated carbocycles. The van der Waals surface area contributed by atoms with Gasteiger partial charge in [-0.1, -0.05) is 21.1 Å². The number of aryl methyl sites for hydroxylation is 1. The van der Waals surface area contributed by atoms with E-state index in [9.17, 15) is 4.79 Å². The number of halogens is 1. The lowest BCUT2D eigenvalue weighted by atomic mass is 10.1. The predicted molar refractivity (Wildman–Crippen MR) is 81.4 cm³/mol. The average Bonchev–Trinajstić information content (AvgIpc) is 2.48. The maximum atomic E-state index is 12.1. The Bertz CT molecular complexity index is 700. The Morgan fingerprint density at radius 3 is 2.76 bits per heavy atom. The van der Waals surface area contributed by atoms with Gasteiger partial charge < -0.3 is 16.3 Å². The fourth-order valence-corrected chi connectivity index (χ4v) is 1.95. The first-order valence-corrected chi connectivity index (χ1v) is 6.68. The van der Waals surface area contributed by atoms with Crippen LogP contribution in [-0.4, -0.2) is 26.9 Å². The first-order valence-electron chi connectivity index (χ1n) is 5.88. The number of amides is 1. The van der Waals surface area contributed by atoms with Crippen LogP contribution in [0.2, 0.25) is 0 Å². The minimum Gasteiger partial charge on any atom is -0.409 e. The lowest BCUT2D eigenvalue weighted by Gasteiger charge is -2.10. The summed E-state index contributed by atoms with van der Waals surface area (Å²) in [5.74, 6) is -0.543. The van der Waals surface area contributed by atoms with Gasteiger partial charge in [-0.15, -0.1) is 0 Å². The van der Waals surface area contributed by atoms with E-state index >= 15 is 0 Å². The normalized spacial score (nSPS) is 11.2. The summed E-state index contributed by atoms with van der Waals surface area (Å²) in [4.78, 5) is 20.1. The van der Waals surface area contributed by atoms with Crippen molar-refractivity contribution in [3.05, 3.63) is 52.0 Å². The lowest BCUT2D eigenvalue weighted by Crippen LogP contribution is -2.20. The number of oxime groups is 1. The first kappa shape index (κ1) is 14.9. The average molecular weight is 350 g/mol. The molecule has 0 spiro atoms. The number of carbonyl (C=O) groups excluding carboxylic acids is 1. The van der Waals surface area contributed by atoms with E-state index in [0.717, 1.165) is 4.47 Å². The molecule has 2 rings (SSSR count). The van der Waals surface area contributed by atoms with E-state index in [-0.39, 0.29) is 11.5 Å². The minimum atomic E-state index is -0.434. The molecule has 0 radical (unpaired) electrons. The number of nitrogens with two attached hydrogens (primary N) is 1. The molecule has 7 nitrogen and oxygen atoms in total. The van der Waals surface area contributed by atoms with Crippen LogP contribution in [0.1, 0.15) is 21.7 Å². The third-order valence-electron chi connectivity index (χ3n) is 2.63. The number of hydrogen-bond acceptors (Lipinski definition) is 5. The van der Waals surface area contributed by atoms with Crippen molar-refractivity contribution in [1.29, 1.82) is 0 Å². The third kappa shape index (κ3) is 3.54. The number of hydrogen-bond donors (Lipinski definition) is 3. The highest BCUT2D eigenvalue weighted by Crippen LogP contribution is 2.21. The van der Waals surface area contributed by atoms with Crippen molar-refractivity contribution in [2.45, 2.75) is 6.92 Å². The van der Waals surface area contributed by atoms with Gasteiger partial charge in [-0.05, 0) is 25.1 Å². The van der Waals surface area contributed by atoms with E-state index in [2.05, 4.69) is 36.4 Å². The van der Waals surface area contributed by atoms with Crippen LogP contribution in [0.3, 0.4) is 0 Å². The molecule has 4 N–H and O–H groups in total. The Morgan fingerprint density at radius 2 is 2.14 bits per heavy atom. The Hall–Kier alpha value is -2.48. The van der Waals surface area contributed by atoms with E-state index in [1.807, 2.05) is 0 Å². The molecule has 1 heterocycles. The van der Waals surface area contributed by atoms with E-state index in [1.54, 1.807) is 25.1 Å². The van der Waals surface area contributed by atoms with Gasteiger partial charge in [-0.3, -0.25) is 9.78 Å². The topological polar surface area (TPSA) is 113 Å². The van der Waals surface area contributed by atoms with Crippen molar-refractivity contribution < 1.29 is 10.0 Å². The summed E-state index contributed by atoms with van der Waals surface area (Å²) >= 11 is 3.29. The molecule has 0 unspecified atom stereocenters. The molecule has 21 heavy (non-hydrogen) atoms. The maximum Gasteiger partial charge on any atom is 0.275 e. The largest absolute Gasteiger partial charge is 0.409 e. The van der Waals surface area contributed by atoms with Crippen molar-refractivity contribution in [2.75, 3.05) is 5.32 Å². The molecule has 0 aliphatic heterocycles. The number of carbonyl (C=O) groups is 1. The molecule has 108 valence electrons. The van der Waals surface area contributed by atoms with E-state index in [1.165, 1.54) is 12.4 Å². The molecular formula is C13H12BrN5O2. The van der Waals surface area contributed by atoms with Crippen molar-refractivity contribution >= 4 is 33.4 Å². The number of nitrogens with one attached hydrogen (secondary N) is 1. The van der Waals surface area contributed by atoms with Gasteiger partial charge in [0.2, 0.25) is 0 Å². The summed E-state index contributed by atoms with van der Waals surface area (Å²) in [7, 11) is 0. The molecule has 0 atom stereocenters. The summed E-state index contributed by atoms with van der Waals surface area (Å²) in [5, 5.41) is 14.4. The fraction of sp³-hybridized carbons (Fsp3) is 0.0769. The van der Waals surface area contributed by atoms with Crippen LogP contribution in [0.5, 0.6) is 0 Å². The monoisotopic (exact) mass is 349 g/mol. The number of rotatable bonds is 3. The van der Waals surface area contributed by atoms with Gasteiger partial charge in [0.15, 0.2) is 5.84 Å². The van der Waals surface area contributed by atoms with Crippen LogP contribution in [0.4, 0.5) is 5.69 Å². The van der Waals surface area contributed by atoms with Gasteiger partial charge in [0.25, 0.3) is 5.91 Å². The third-order valence-corrected chi connectivity index (χ3v) is 3.12. The maximum absolute atomic E-state index is 12.1. The lowest BCUT2D eigenvalue weighted by molar-refractivity contribution is 0.102. The van der Waals surface area contributed by atoms with Gasteiger partial charge in [-0.2, -0.15) is 0 Å². The molecule has 0 saturated heterocycles. The van der Waals surface area contributed by atoms with Crippen LogP contribution in [0.25, 0.3) is 0 Å². The second-order valence-corrected chi connectivity index (χ2v) is 5.09. The van der Waals surface area contributed by atoms with Crippen molar-refractivity contribution in [3.63, 3.8) is 0 Å². The number of anilines is 1. The quantitative estimate of drug-likeness (QED) is 0.339. The zero-order chi connectivity index (χ0) is 15.4. The second kappa shape index (κ2) is 6.31. The minimum absolute atomic E-state index is 0.110. The number of benzene rings is 1. The van der Waals surface area contributed by atoms with Crippen LogP contribution in [0, 0.1) is 6.92 Å². The van der Waals surface area contributed by atoms with Crippen molar-refractivity contribution in [1.82, 2.24) is 9.97 Å². The van der Waals surface area contributed by atoms with Crippen LogP contribution >= 0.6 is 15.9 Å². The smallest absolute Gasteiger partial charge is 0.275 e. The van der Waals surface area contributed by atoms with Crippen LogP contribution in [-0.2, 0) is 0 Å². The van der Waals surface area contributed by atoms with Crippen LogP contribution < -0.4 is 11.1 Å². The predicted octanol–water partition coefficient (Wildman–Crippen LogP) is 1.89. The molecule has 1 aromatic carbocycles. The zero-order valence-electron chi connectivity index (χ0n) is 11.0. The van der Waals surface area contributed by atoms with Gasteiger partial charge in [0.1, 0.15) is 5.69 Å². The molecule has 0 aliphatic rings. The Labute approximate surface area is 129 Å². The highest BCUT2D eigenvalue weighted by atomic mass is 79.9. The van der Waals surface area contributed by atoms with Gasteiger partial charge in [0, 0.05) is 16.2 Å². The van der Waals surface area contributed by atoms with Crippen molar-refractivity contribution in [3.8, 4) is 0 Å². The van der Waals surface area contributed by atoms with Gasteiger partial charge in [-0.25, -0.2) is 4.98 Å². The molecule has 0 bridgehead atoms. The highest BCUT2D eigenvalue weighted by Gasteiger charge is 2.13. The van der Waals surface area contributed by atoms with E-state index in [4.69, 9.17) is 10.9 Å². The summed E-state index contributed by atoms with van der Waals surface area (Å²) < 4.78 is 0.734. The molecule has 0 aliphatic carbocycles. The van der Waals surface area contributed by atoms with Gasteiger partial charge in [0.05, 0.1) is 17.6 Å². The SMILES string of the molecule is Cc1cnc(C(=O)Nc2ccc(Br)cc2/C(N)=N/O)cn1. The number of amidine groups is 1. The fourth-order valence-electron chi connectivity index (χ4n) is 1.59. The number of nitrogens with zero attached hydrogens (tertiary/aromatic N) is 3. The Balaban J connectivity index is 2.31. The summed E-state index contributed by atoms with van der Waals surface area (Å²) in [5.41, 5.74) is 7.28. The second-order valence-electron chi connectivity index (χ2n) is 4.17. The van der Waals surface area contributed by atoms with Crippen LogP contribution in [0.15, 0.2) is 40.2 Å². The summed E-state index contributed by atoms with van der Waals surface area (Å²) in [6.07, 6.45) is 2.88. The van der Waals surface area contributed by atoms with Crippen molar-refractivity contribution in [2.24, 2.45) is 10.9 Å². The Morgan fingerprint density at radius 1 is 1.38 bits per heavy atom. The Kier molecular flexibility index (Phi) is 4.49. The molecule has 1 amide bonds. The zero-order valence-corrected chi connectivity index (χ0v) is 12.6. The molecule has 0 fully saturated rings. The highest BCUT2D eigenvalue weighted by molar-refractivity contribution is 9.10. The van der Waals surface area contributed by atoms with E-state index < -0.39 is 5.91 Å². The molecular weight excluding hydrogens is 338 g/mol. The molecule has 1 aromatic heterocycles. The number of aromatic nitrogens is 2. The molecule has 2 aromatic rings. The van der Waals surface area contributed by atoms with E-state index in [0.29, 0.717) is 16.9 Å². The standard InChI is InChI=1S/C13H12BrN5O2/c1-7-5-17-11(6-16-7)13(20)18-10-3-2-8(14)4-9(10)12(15)19-21/h2-6,21H,1H3,(H2,15,19)(H,18,20).